The van der Waals surface area contributed by atoms with Crippen LogP contribution in [-0.2, 0) is 16.0 Å². The number of benzene rings is 1. The number of carbonyl (C=O) groups excluding carboxylic acids is 1. The highest BCUT2D eigenvalue weighted by atomic mass is 16.5. The Morgan fingerprint density at radius 3 is 2.58 bits per heavy atom. The van der Waals surface area contributed by atoms with Gasteiger partial charge in [0.15, 0.2) is 5.65 Å². The van der Waals surface area contributed by atoms with Gasteiger partial charge in [0.05, 0.1) is 18.7 Å². The molecule has 2 aromatic heterocycles. The lowest BCUT2D eigenvalue weighted by molar-refractivity contribution is -0.120. The SMILES string of the molecule is COCCNC(=O)Cc1c(C)nc2c(-c3ccccc3)c(C)nn2c1C. The van der Waals surface area contributed by atoms with Crippen molar-refractivity contribution in [3.8, 4) is 11.1 Å². The lowest BCUT2D eigenvalue weighted by atomic mass is 10.1. The summed E-state index contributed by atoms with van der Waals surface area (Å²) in [7, 11) is 1.61. The third kappa shape index (κ3) is 3.46. The molecule has 3 rings (SSSR count). The summed E-state index contributed by atoms with van der Waals surface area (Å²) in [6.07, 6.45) is 0.282. The van der Waals surface area contributed by atoms with E-state index < -0.39 is 0 Å². The molecule has 1 aromatic carbocycles. The number of nitrogens with one attached hydrogen (secondary N) is 1. The highest BCUT2D eigenvalue weighted by Gasteiger charge is 2.19. The zero-order valence-corrected chi connectivity index (χ0v) is 15.7. The van der Waals surface area contributed by atoms with Crippen LogP contribution in [0.15, 0.2) is 30.3 Å². The number of hydrogen-bond donors (Lipinski definition) is 1. The summed E-state index contributed by atoms with van der Waals surface area (Å²) >= 11 is 0. The maximum Gasteiger partial charge on any atom is 0.224 e. The summed E-state index contributed by atoms with van der Waals surface area (Å²) in [6, 6.07) is 10.1. The Hall–Kier alpha value is -2.73. The van der Waals surface area contributed by atoms with Crippen molar-refractivity contribution in [1.29, 1.82) is 0 Å². The number of aromatic nitrogens is 3. The molecule has 0 aliphatic heterocycles. The standard InChI is InChI=1S/C20H24N4O2/c1-13-17(12-18(25)21-10-11-26-4)15(3)24-20(22-13)19(14(2)23-24)16-8-6-5-7-9-16/h5-9H,10-12H2,1-4H3,(H,21,25). The van der Waals surface area contributed by atoms with E-state index in [2.05, 4.69) is 22.5 Å². The van der Waals surface area contributed by atoms with E-state index in [9.17, 15) is 4.79 Å². The quantitative estimate of drug-likeness (QED) is 0.693. The van der Waals surface area contributed by atoms with Crippen LogP contribution in [0.4, 0.5) is 0 Å². The van der Waals surface area contributed by atoms with Gasteiger partial charge in [0.25, 0.3) is 0 Å². The van der Waals surface area contributed by atoms with E-state index in [0.29, 0.717) is 13.2 Å². The molecule has 0 aliphatic rings. The molecule has 0 aliphatic carbocycles. The largest absolute Gasteiger partial charge is 0.383 e. The minimum absolute atomic E-state index is 0.0402. The monoisotopic (exact) mass is 352 g/mol. The average molecular weight is 352 g/mol. The van der Waals surface area contributed by atoms with E-state index in [0.717, 1.165) is 39.4 Å². The van der Waals surface area contributed by atoms with Gasteiger partial charge in [-0.3, -0.25) is 4.79 Å². The molecule has 0 unspecified atom stereocenters. The molecule has 0 saturated heterocycles. The molecule has 0 saturated carbocycles. The van der Waals surface area contributed by atoms with Crippen LogP contribution in [0.25, 0.3) is 16.8 Å². The Labute approximate surface area is 153 Å². The number of nitrogens with zero attached hydrogens (tertiary/aromatic N) is 3. The number of methoxy groups -OCH3 is 1. The van der Waals surface area contributed by atoms with Crippen molar-refractivity contribution in [3.05, 3.63) is 53.0 Å². The summed E-state index contributed by atoms with van der Waals surface area (Å²) in [4.78, 5) is 17.0. The van der Waals surface area contributed by atoms with Gasteiger partial charge < -0.3 is 10.1 Å². The summed E-state index contributed by atoms with van der Waals surface area (Å²) in [6.45, 7) is 6.92. The smallest absolute Gasteiger partial charge is 0.224 e. The third-order valence-electron chi connectivity index (χ3n) is 4.53. The fourth-order valence-electron chi connectivity index (χ4n) is 3.18. The number of fused-ring (bicyclic) bond motifs is 1. The van der Waals surface area contributed by atoms with Gasteiger partial charge in [0.2, 0.25) is 5.91 Å². The van der Waals surface area contributed by atoms with Crippen molar-refractivity contribution in [2.75, 3.05) is 20.3 Å². The topological polar surface area (TPSA) is 68.5 Å². The molecule has 0 fully saturated rings. The second kappa shape index (κ2) is 7.66. The number of ether oxygens (including phenoxy) is 1. The highest BCUT2D eigenvalue weighted by molar-refractivity contribution is 5.82. The second-order valence-corrected chi connectivity index (χ2v) is 6.34. The Morgan fingerprint density at radius 2 is 1.88 bits per heavy atom. The number of carbonyl (C=O) groups is 1. The maximum absolute atomic E-state index is 12.2. The normalized spacial score (nSPS) is 11.1. The van der Waals surface area contributed by atoms with Gasteiger partial charge in [0, 0.05) is 36.2 Å². The van der Waals surface area contributed by atoms with Crippen molar-refractivity contribution in [1.82, 2.24) is 19.9 Å². The molecular formula is C20H24N4O2. The van der Waals surface area contributed by atoms with Crippen LogP contribution in [0.5, 0.6) is 0 Å². The molecule has 1 amide bonds. The van der Waals surface area contributed by atoms with Gasteiger partial charge >= 0.3 is 0 Å². The predicted octanol–water partition coefficient (Wildman–Crippen LogP) is 2.63. The number of rotatable bonds is 6. The van der Waals surface area contributed by atoms with Gasteiger partial charge in [-0.25, -0.2) is 9.50 Å². The fourth-order valence-corrected chi connectivity index (χ4v) is 3.18. The molecule has 0 bridgehead atoms. The Morgan fingerprint density at radius 1 is 1.15 bits per heavy atom. The first-order valence-electron chi connectivity index (χ1n) is 8.69. The minimum Gasteiger partial charge on any atom is -0.383 e. The highest BCUT2D eigenvalue weighted by Crippen LogP contribution is 2.29. The molecular weight excluding hydrogens is 328 g/mol. The van der Waals surface area contributed by atoms with Crippen molar-refractivity contribution in [2.24, 2.45) is 0 Å². The van der Waals surface area contributed by atoms with Crippen molar-refractivity contribution >= 4 is 11.6 Å². The molecule has 3 aromatic rings. The average Bonchev–Trinajstić information content (AvgIpc) is 2.96. The molecule has 0 spiro atoms. The molecule has 6 nitrogen and oxygen atoms in total. The number of aryl methyl sites for hydroxylation is 3. The first kappa shape index (κ1) is 18.1. The van der Waals surface area contributed by atoms with Crippen LogP contribution in [0.3, 0.4) is 0 Å². The lowest BCUT2D eigenvalue weighted by Crippen LogP contribution is -2.29. The molecule has 6 heteroatoms. The van der Waals surface area contributed by atoms with Crippen LogP contribution >= 0.6 is 0 Å². The molecule has 0 atom stereocenters. The van der Waals surface area contributed by atoms with Crippen molar-refractivity contribution in [3.63, 3.8) is 0 Å². The molecule has 0 radical (unpaired) electrons. The number of amides is 1. The molecule has 136 valence electrons. The van der Waals surface area contributed by atoms with Gasteiger partial charge in [-0.05, 0) is 26.3 Å². The zero-order chi connectivity index (χ0) is 18.7. The number of hydrogen-bond acceptors (Lipinski definition) is 4. The summed E-state index contributed by atoms with van der Waals surface area (Å²) in [5.74, 6) is -0.0402. The molecule has 1 N–H and O–H groups in total. The first-order valence-corrected chi connectivity index (χ1v) is 8.69. The van der Waals surface area contributed by atoms with E-state index >= 15 is 0 Å². The Kier molecular flexibility index (Phi) is 5.32. The van der Waals surface area contributed by atoms with Crippen LogP contribution in [-0.4, -0.2) is 40.8 Å². The van der Waals surface area contributed by atoms with Gasteiger partial charge in [-0.2, -0.15) is 5.10 Å². The minimum atomic E-state index is -0.0402. The van der Waals surface area contributed by atoms with Crippen LogP contribution in [0, 0.1) is 20.8 Å². The summed E-state index contributed by atoms with van der Waals surface area (Å²) in [5, 5.41) is 7.53. The summed E-state index contributed by atoms with van der Waals surface area (Å²) < 4.78 is 6.81. The van der Waals surface area contributed by atoms with E-state index in [1.54, 1.807) is 7.11 Å². The van der Waals surface area contributed by atoms with Gasteiger partial charge in [-0.15, -0.1) is 0 Å². The van der Waals surface area contributed by atoms with Crippen molar-refractivity contribution < 1.29 is 9.53 Å². The zero-order valence-electron chi connectivity index (χ0n) is 15.7. The lowest BCUT2D eigenvalue weighted by Gasteiger charge is -2.12. The maximum atomic E-state index is 12.2. The van der Waals surface area contributed by atoms with Crippen LogP contribution < -0.4 is 5.32 Å². The molecule has 26 heavy (non-hydrogen) atoms. The fraction of sp³-hybridized carbons (Fsp3) is 0.350. The Bertz CT molecular complexity index is 932. The third-order valence-corrected chi connectivity index (χ3v) is 4.53. The van der Waals surface area contributed by atoms with Gasteiger partial charge in [-0.1, -0.05) is 30.3 Å². The Balaban J connectivity index is 2.00. The van der Waals surface area contributed by atoms with Crippen LogP contribution in [0.1, 0.15) is 22.6 Å². The second-order valence-electron chi connectivity index (χ2n) is 6.34. The van der Waals surface area contributed by atoms with E-state index in [-0.39, 0.29) is 12.3 Å². The van der Waals surface area contributed by atoms with Gasteiger partial charge in [0.1, 0.15) is 0 Å². The predicted molar refractivity (Wildman–Crippen MR) is 101 cm³/mol. The first-order chi connectivity index (χ1) is 12.5. The summed E-state index contributed by atoms with van der Waals surface area (Å²) in [5.41, 5.74) is 6.59. The van der Waals surface area contributed by atoms with Crippen LogP contribution in [0.2, 0.25) is 0 Å². The molecule has 2 heterocycles. The van der Waals surface area contributed by atoms with E-state index in [4.69, 9.17) is 9.72 Å². The van der Waals surface area contributed by atoms with E-state index in [1.165, 1.54) is 0 Å². The van der Waals surface area contributed by atoms with E-state index in [1.807, 2.05) is 43.5 Å². The van der Waals surface area contributed by atoms with Crippen molar-refractivity contribution in [2.45, 2.75) is 27.2 Å².